The number of carbonyl (C=O) groups is 1. The summed E-state index contributed by atoms with van der Waals surface area (Å²) in [6, 6.07) is 19.7. The largest absolute Gasteiger partial charge is 0.481 e. The summed E-state index contributed by atoms with van der Waals surface area (Å²) in [4.78, 5) is 14.1. The lowest BCUT2D eigenvalue weighted by molar-refractivity contribution is -0.163. The van der Waals surface area contributed by atoms with Crippen LogP contribution in [-0.4, -0.2) is 12.6 Å². The van der Waals surface area contributed by atoms with Crippen LogP contribution in [0.4, 0.5) is 13.2 Å². The van der Waals surface area contributed by atoms with Gasteiger partial charge in [0, 0.05) is 34.1 Å². The Morgan fingerprint density at radius 3 is 2.24 bits per heavy atom. The summed E-state index contributed by atoms with van der Waals surface area (Å²) in [5, 5.41) is 3.46. The van der Waals surface area contributed by atoms with Crippen molar-refractivity contribution >= 4 is 26.5 Å². The van der Waals surface area contributed by atoms with Crippen LogP contribution in [0.2, 0.25) is 0 Å². The number of benzene rings is 3. The molecular formula is C30H28F3O3S+. The molecule has 5 rings (SSSR count). The van der Waals surface area contributed by atoms with Crippen LogP contribution in [0.1, 0.15) is 47.9 Å². The van der Waals surface area contributed by atoms with Crippen LogP contribution >= 0.6 is 10.5 Å². The van der Waals surface area contributed by atoms with Crippen LogP contribution in [0, 0.1) is 13.8 Å². The molecule has 1 saturated carbocycles. The summed E-state index contributed by atoms with van der Waals surface area (Å²) in [6.45, 7) is 3.66. The van der Waals surface area contributed by atoms with Gasteiger partial charge in [0.1, 0.15) is 16.7 Å². The number of ether oxygens (including phenoxy) is 2. The molecular weight excluding hydrogens is 497 g/mol. The Morgan fingerprint density at radius 2 is 1.59 bits per heavy atom. The minimum atomic E-state index is -4.41. The predicted molar refractivity (Wildman–Crippen MR) is 140 cm³/mol. The number of halogens is 3. The third-order valence-corrected chi connectivity index (χ3v) is 9.02. The van der Waals surface area contributed by atoms with E-state index in [1.807, 2.05) is 19.9 Å². The molecule has 1 unspecified atom stereocenters. The summed E-state index contributed by atoms with van der Waals surface area (Å²) in [7, 11) is -0.143. The first kappa shape index (κ1) is 25.3. The molecule has 0 saturated heterocycles. The number of hydrogen-bond donors (Lipinski definition) is 0. The first-order chi connectivity index (χ1) is 17.7. The number of alkyl halides is 3. The Morgan fingerprint density at radius 1 is 0.946 bits per heavy atom. The van der Waals surface area contributed by atoms with Gasteiger partial charge in [-0.1, -0.05) is 24.3 Å². The van der Waals surface area contributed by atoms with E-state index in [4.69, 9.17) is 9.47 Å². The van der Waals surface area contributed by atoms with E-state index in [-0.39, 0.29) is 17.1 Å². The smallest absolute Gasteiger partial charge is 0.416 e. The molecule has 0 radical (unpaired) electrons. The first-order valence-corrected chi connectivity index (χ1v) is 13.6. The van der Waals surface area contributed by atoms with Crippen LogP contribution in [0.15, 0.2) is 72.1 Å². The van der Waals surface area contributed by atoms with Gasteiger partial charge in [-0.15, -0.1) is 0 Å². The maximum atomic E-state index is 13.0. The fraction of sp³-hybridized carbons (Fsp3) is 0.300. The summed E-state index contributed by atoms with van der Waals surface area (Å²) in [6.07, 6.45) is -1.57. The quantitative estimate of drug-likeness (QED) is 0.187. The number of rotatable bonds is 6. The van der Waals surface area contributed by atoms with E-state index < -0.39 is 23.3 Å². The van der Waals surface area contributed by atoms with Gasteiger partial charge in [-0.25, -0.2) is 4.79 Å². The number of carbonyl (C=O) groups excluding carboxylic acids is 1. The third-order valence-electron chi connectivity index (χ3n) is 7.02. The minimum Gasteiger partial charge on any atom is -0.481 e. The second-order valence-electron chi connectivity index (χ2n) is 9.60. The van der Waals surface area contributed by atoms with Gasteiger partial charge in [0.25, 0.3) is 0 Å². The molecule has 1 atom stereocenters. The van der Waals surface area contributed by atoms with Crippen LogP contribution in [0.25, 0.3) is 15.0 Å². The van der Waals surface area contributed by atoms with E-state index >= 15 is 0 Å². The molecule has 0 bridgehead atoms. The monoisotopic (exact) mass is 525 g/mol. The lowest BCUT2D eigenvalue weighted by Gasteiger charge is -2.30. The maximum Gasteiger partial charge on any atom is 0.416 e. The van der Waals surface area contributed by atoms with Crippen LogP contribution in [0.3, 0.4) is 0 Å². The van der Waals surface area contributed by atoms with E-state index in [1.165, 1.54) is 27.1 Å². The topological polar surface area (TPSA) is 35.5 Å². The SMILES string of the molecule is Cc1cc(-[s+]2ccc3ccccc32)cc(C)c1OCC(=O)OC1(c2ccc(C(F)(F)F)cc2)CCCC1. The van der Waals surface area contributed by atoms with E-state index in [0.29, 0.717) is 24.2 Å². The Bertz CT molecular complexity index is 1410. The normalized spacial score (nSPS) is 15.6. The predicted octanol–water partition coefficient (Wildman–Crippen LogP) is 8.61. The van der Waals surface area contributed by atoms with Gasteiger partial charge in [0.15, 0.2) is 16.2 Å². The Balaban J connectivity index is 1.30. The van der Waals surface area contributed by atoms with Gasteiger partial charge in [-0.3, -0.25) is 0 Å². The zero-order chi connectivity index (χ0) is 26.2. The number of aryl methyl sites for hydroxylation is 2. The van der Waals surface area contributed by atoms with E-state index in [0.717, 1.165) is 36.1 Å². The van der Waals surface area contributed by atoms with Crippen molar-refractivity contribution < 1.29 is 27.4 Å². The molecule has 3 aromatic carbocycles. The number of hydrogen-bond acceptors (Lipinski definition) is 3. The molecule has 1 aliphatic carbocycles. The first-order valence-electron chi connectivity index (χ1n) is 12.3. The third kappa shape index (κ3) is 5.10. The van der Waals surface area contributed by atoms with Crippen molar-refractivity contribution in [3.05, 3.63) is 94.4 Å². The molecule has 3 nitrogen and oxygen atoms in total. The van der Waals surface area contributed by atoms with Gasteiger partial charge >= 0.3 is 12.1 Å². The fourth-order valence-corrected chi connectivity index (χ4v) is 7.30. The van der Waals surface area contributed by atoms with E-state index in [2.05, 4.69) is 41.8 Å². The summed E-state index contributed by atoms with van der Waals surface area (Å²) in [5.74, 6) is 0.120. The standard InChI is InChI=1S/C30H28F3O3S/c1-20-17-25(37-16-13-22-7-3-4-8-26(22)37)18-21(2)28(20)35-19-27(34)36-29(14-5-6-15-29)23-9-11-24(12-10-23)30(31,32)33/h3-4,7-13,16-18H,5-6,14-15,19H2,1-2H3/q+1. The van der Waals surface area contributed by atoms with Crippen LogP contribution in [-0.2, 0) is 21.3 Å². The van der Waals surface area contributed by atoms with Gasteiger partial charge < -0.3 is 9.47 Å². The summed E-state index contributed by atoms with van der Waals surface area (Å²) in [5.41, 5.74) is 0.833. The average molecular weight is 526 g/mol. The molecule has 7 heteroatoms. The molecule has 192 valence electrons. The van der Waals surface area contributed by atoms with E-state index in [9.17, 15) is 18.0 Å². The van der Waals surface area contributed by atoms with Gasteiger partial charge in [-0.2, -0.15) is 13.2 Å². The Hall–Kier alpha value is -3.32. The number of esters is 1. The van der Waals surface area contributed by atoms with Crippen molar-refractivity contribution in [3.63, 3.8) is 0 Å². The maximum absolute atomic E-state index is 13.0. The number of fused-ring (bicyclic) bond motifs is 1. The molecule has 0 N–H and O–H groups in total. The van der Waals surface area contributed by atoms with Crippen molar-refractivity contribution in [3.8, 4) is 10.6 Å². The molecule has 1 aromatic heterocycles. The summed E-state index contributed by atoms with van der Waals surface area (Å²) >= 11 is 0. The Labute approximate surface area is 216 Å². The highest BCUT2D eigenvalue weighted by molar-refractivity contribution is 7.43. The molecule has 1 aliphatic rings. The molecule has 4 aromatic rings. The molecule has 0 amide bonds. The van der Waals surface area contributed by atoms with Crippen LogP contribution < -0.4 is 4.74 Å². The van der Waals surface area contributed by atoms with Crippen molar-refractivity contribution in [2.24, 2.45) is 0 Å². The lowest BCUT2D eigenvalue weighted by atomic mass is 9.91. The number of thiophene rings is 1. The Kier molecular flexibility index (Phi) is 6.75. The molecule has 1 fully saturated rings. The van der Waals surface area contributed by atoms with Crippen molar-refractivity contribution in [2.45, 2.75) is 51.3 Å². The highest BCUT2D eigenvalue weighted by atomic mass is 32.2. The molecule has 0 spiro atoms. The highest BCUT2D eigenvalue weighted by Gasteiger charge is 2.40. The minimum absolute atomic E-state index is 0.143. The van der Waals surface area contributed by atoms with Gasteiger partial charge in [0.2, 0.25) is 0 Å². The molecule has 0 aliphatic heterocycles. The van der Waals surface area contributed by atoms with Crippen molar-refractivity contribution in [2.75, 3.05) is 6.61 Å². The van der Waals surface area contributed by atoms with Crippen molar-refractivity contribution in [1.29, 1.82) is 0 Å². The summed E-state index contributed by atoms with van der Waals surface area (Å²) < 4.78 is 52.1. The average Bonchev–Trinajstić information content (AvgIpc) is 3.51. The van der Waals surface area contributed by atoms with Gasteiger partial charge in [-0.05, 0) is 80.5 Å². The second-order valence-corrected chi connectivity index (χ2v) is 11.5. The zero-order valence-electron chi connectivity index (χ0n) is 20.7. The fourth-order valence-electron chi connectivity index (χ4n) is 5.24. The molecule has 1 heterocycles. The molecule has 37 heavy (non-hydrogen) atoms. The highest BCUT2D eigenvalue weighted by Crippen LogP contribution is 2.44. The van der Waals surface area contributed by atoms with Crippen molar-refractivity contribution in [1.82, 2.24) is 0 Å². The van der Waals surface area contributed by atoms with Crippen LogP contribution in [0.5, 0.6) is 5.75 Å². The van der Waals surface area contributed by atoms with E-state index in [1.54, 1.807) is 0 Å². The second kappa shape index (κ2) is 9.86. The zero-order valence-corrected chi connectivity index (χ0v) is 21.5. The van der Waals surface area contributed by atoms with Gasteiger partial charge in [0.05, 0.1) is 5.56 Å². The lowest BCUT2D eigenvalue weighted by Crippen LogP contribution is -2.32.